The predicted molar refractivity (Wildman–Crippen MR) is 127 cm³/mol. The summed E-state index contributed by atoms with van der Waals surface area (Å²) in [6, 6.07) is 0. The zero-order valence-corrected chi connectivity index (χ0v) is 20.8. The first kappa shape index (κ1) is 22.5. The van der Waals surface area contributed by atoms with Crippen LogP contribution in [0.15, 0.2) is 11.1 Å². The van der Waals surface area contributed by atoms with Crippen LogP contribution < -0.4 is 0 Å². The molecule has 4 rings (SSSR count). The molecule has 0 spiro atoms. The summed E-state index contributed by atoms with van der Waals surface area (Å²) in [6.07, 6.45) is 12.3. The molecule has 0 bridgehead atoms. The molecule has 0 aromatic rings. The third-order valence-electron chi connectivity index (χ3n) is 11.4. The Hall–Kier alpha value is -0.740. The first-order chi connectivity index (χ1) is 14.0. The molecule has 0 amide bonds. The average Bonchev–Trinajstić information content (AvgIpc) is 2.97. The molecule has 2 saturated carbocycles. The summed E-state index contributed by atoms with van der Waals surface area (Å²) < 4.78 is 0. The van der Waals surface area contributed by atoms with Crippen LogP contribution in [-0.2, 0) is 0 Å². The van der Waals surface area contributed by atoms with Crippen molar-refractivity contribution < 1.29 is 5.11 Å². The minimum Gasteiger partial charge on any atom is -0.393 e. The largest absolute Gasteiger partial charge is 0.393 e. The van der Waals surface area contributed by atoms with Crippen LogP contribution in [0.3, 0.4) is 0 Å². The van der Waals surface area contributed by atoms with E-state index in [0.717, 1.165) is 24.7 Å². The maximum atomic E-state index is 10.8. The highest BCUT2D eigenvalue weighted by molar-refractivity contribution is 5.38. The van der Waals surface area contributed by atoms with E-state index in [0.29, 0.717) is 22.2 Å². The number of aliphatic hydroxyl groups is 1. The molecule has 2 fully saturated rings. The van der Waals surface area contributed by atoms with Crippen molar-refractivity contribution in [3.63, 3.8) is 0 Å². The zero-order chi connectivity index (χ0) is 21.9. The number of rotatable bonds is 3. The lowest BCUT2D eigenvalue weighted by atomic mass is 9.43. The molecular weight excluding hydrogens is 364 g/mol. The molecule has 0 unspecified atom stereocenters. The lowest BCUT2D eigenvalue weighted by Crippen LogP contribution is -2.55. The standard InChI is InChI=1S/C29H46O/c1-8-9-10-11-20(2)21-14-18-29(7)23-12-13-24-26(3,4)25(30)16-17-27(24,5)22(23)15-19-28(21,29)6/h20-21,24-25,30H,10-19H2,1-7H3/t20-,21-,24+,25+,27-,28-,29+/m1/s1. The van der Waals surface area contributed by atoms with Crippen molar-refractivity contribution in [3.8, 4) is 11.8 Å². The van der Waals surface area contributed by atoms with E-state index in [1.165, 1.54) is 51.4 Å². The summed E-state index contributed by atoms with van der Waals surface area (Å²) in [5.41, 5.74) is 4.87. The van der Waals surface area contributed by atoms with Crippen LogP contribution in [0, 0.1) is 51.3 Å². The molecule has 0 aromatic heterocycles. The van der Waals surface area contributed by atoms with Gasteiger partial charge in [0.2, 0.25) is 0 Å². The van der Waals surface area contributed by atoms with Gasteiger partial charge in [0.25, 0.3) is 0 Å². The van der Waals surface area contributed by atoms with E-state index in [4.69, 9.17) is 0 Å². The van der Waals surface area contributed by atoms with Gasteiger partial charge in [0.15, 0.2) is 0 Å². The Labute approximate surface area is 186 Å². The van der Waals surface area contributed by atoms with Gasteiger partial charge in [-0.05, 0) is 104 Å². The first-order valence-electron chi connectivity index (χ1n) is 12.8. The Morgan fingerprint density at radius 1 is 0.967 bits per heavy atom. The van der Waals surface area contributed by atoms with Crippen LogP contribution in [0.5, 0.6) is 0 Å². The number of allylic oxidation sites excluding steroid dienone is 2. The lowest BCUT2D eigenvalue weighted by Gasteiger charge is -2.62. The highest BCUT2D eigenvalue weighted by Crippen LogP contribution is 2.72. The van der Waals surface area contributed by atoms with Crippen molar-refractivity contribution in [1.29, 1.82) is 0 Å². The summed E-state index contributed by atoms with van der Waals surface area (Å²) >= 11 is 0. The van der Waals surface area contributed by atoms with Crippen LogP contribution in [0.4, 0.5) is 0 Å². The van der Waals surface area contributed by atoms with Gasteiger partial charge in [0.05, 0.1) is 6.10 Å². The maximum absolute atomic E-state index is 10.8. The van der Waals surface area contributed by atoms with Crippen LogP contribution in [-0.4, -0.2) is 11.2 Å². The minimum atomic E-state index is -0.134. The maximum Gasteiger partial charge on any atom is 0.0594 e. The average molecular weight is 411 g/mol. The molecular formula is C29H46O. The molecule has 7 atom stereocenters. The van der Waals surface area contributed by atoms with E-state index >= 15 is 0 Å². The molecule has 30 heavy (non-hydrogen) atoms. The summed E-state index contributed by atoms with van der Waals surface area (Å²) in [7, 11) is 0. The molecule has 0 aliphatic heterocycles. The third kappa shape index (κ3) is 2.92. The number of fused-ring (bicyclic) bond motifs is 4. The fourth-order valence-corrected chi connectivity index (χ4v) is 9.26. The molecule has 4 aliphatic carbocycles. The number of hydrogen-bond acceptors (Lipinski definition) is 1. The molecule has 168 valence electrons. The van der Waals surface area contributed by atoms with Crippen molar-refractivity contribution in [2.75, 3.05) is 0 Å². The molecule has 0 aromatic carbocycles. The van der Waals surface area contributed by atoms with E-state index < -0.39 is 0 Å². The fourth-order valence-electron chi connectivity index (χ4n) is 9.26. The van der Waals surface area contributed by atoms with Gasteiger partial charge in [-0.3, -0.25) is 0 Å². The Morgan fingerprint density at radius 2 is 1.70 bits per heavy atom. The fraction of sp³-hybridized carbons (Fsp3) is 0.862. The highest BCUT2D eigenvalue weighted by Gasteiger charge is 2.63. The normalized spacial score (nSPS) is 45.7. The molecule has 0 saturated heterocycles. The van der Waals surface area contributed by atoms with E-state index in [1.54, 1.807) is 0 Å². The van der Waals surface area contributed by atoms with Gasteiger partial charge in [-0.15, -0.1) is 11.8 Å². The molecule has 4 aliphatic rings. The van der Waals surface area contributed by atoms with Gasteiger partial charge >= 0.3 is 0 Å². The van der Waals surface area contributed by atoms with Gasteiger partial charge in [-0.25, -0.2) is 0 Å². The molecule has 1 nitrogen and oxygen atoms in total. The monoisotopic (exact) mass is 410 g/mol. The van der Waals surface area contributed by atoms with E-state index in [1.807, 2.05) is 18.1 Å². The van der Waals surface area contributed by atoms with E-state index in [-0.39, 0.29) is 11.5 Å². The van der Waals surface area contributed by atoms with Gasteiger partial charge in [-0.2, -0.15) is 0 Å². The van der Waals surface area contributed by atoms with Crippen molar-refractivity contribution in [1.82, 2.24) is 0 Å². The number of hydrogen-bond donors (Lipinski definition) is 1. The second-order valence-electron chi connectivity index (χ2n) is 12.7. The molecule has 1 N–H and O–H groups in total. The van der Waals surface area contributed by atoms with Gasteiger partial charge in [0, 0.05) is 6.42 Å². The summed E-state index contributed by atoms with van der Waals surface area (Å²) in [4.78, 5) is 0. The first-order valence-corrected chi connectivity index (χ1v) is 12.8. The third-order valence-corrected chi connectivity index (χ3v) is 11.4. The van der Waals surface area contributed by atoms with Crippen LogP contribution in [0.25, 0.3) is 0 Å². The van der Waals surface area contributed by atoms with Crippen molar-refractivity contribution in [2.45, 2.75) is 119 Å². The minimum absolute atomic E-state index is 0.0419. The molecule has 1 heteroatoms. The topological polar surface area (TPSA) is 20.2 Å². The predicted octanol–water partition coefficient (Wildman–Crippen LogP) is 7.54. The Bertz CT molecular complexity index is 778. The summed E-state index contributed by atoms with van der Waals surface area (Å²) in [6.45, 7) is 17.0. The van der Waals surface area contributed by atoms with Crippen LogP contribution in [0.2, 0.25) is 0 Å². The van der Waals surface area contributed by atoms with Gasteiger partial charge < -0.3 is 5.11 Å². The van der Waals surface area contributed by atoms with E-state index in [9.17, 15) is 5.11 Å². The van der Waals surface area contributed by atoms with Crippen LogP contribution >= 0.6 is 0 Å². The molecule has 0 heterocycles. The highest BCUT2D eigenvalue weighted by atomic mass is 16.3. The Morgan fingerprint density at radius 3 is 2.40 bits per heavy atom. The Balaban J connectivity index is 1.68. The zero-order valence-electron chi connectivity index (χ0n) is 20.8. The SMILES string of the molecule is CC#CCC[C@@H](C)[C@H]1CC[C@@]2(C)C3=C(CC[C@]12C)[C@@]1(C)CC[C@H](O)C(C)(C)[C@@H]1CC3. The van der Waals surface area contributed by atoms with Crippen molar-refractivity contribution >= 4 is 0 Å². The lowest BCUT2D eigenvalue weighted by molar-refractivity contribution is -0.0962. The van der Waals surface area contributed by atoms with Crippen molar-refractivity contribution in [3.05, 3.63) is 11.1 Å². The van der Waals surface area contributed by atoms with E-state index in [2.05, 4.69) is 53.4 Å². The summed E-state index contributed by atoms with van der Waals surface area (Å²) in [5.74, 6) is 8.64. The quantitative estimate of drug-likeness (QED) is 0.376. The van der Waals surface area contributed by atoms with Gasteiger partial charge in [0.1, 0.15) is 0 Å². The Kier molecular flexibility index (Phi) is 5.54. The van der Waals surface area contributed by atoms with Crippen molar-refractivity contribution in [2.24, 2.45) is 39.4 Å². The summed E-state index contributed by atoms with van der Waals surface area (Å²) in [5, 5.41) is 10.8. The smallest absolute Gasteiger partial charge is 0.0594 e. The molecule has 0 radical (unpaired) electrons. The second-order valence-corrected chi connectivity index (χ2v) is 12.7. The second kappa shape index (κ2) is 7.40. The number of aliphatic hydroxyl groups excluding tert-OH is 1. The van der Waals surface area contributed by atoms with Gasteiger partial charge in [-0.1, -0.05) is 52.7 Å². The van der Waals surface area contributed by atoms with Crippen LogP contribution in [0.1, 0.15) is 113 Å².